The standard InChI is InChI=1S/C14H20F3NO/c1-10(2)12(13(19)7-8-18-9-13)6-4-5-11(3)14(15,16)17/h4-6,18-19H,7-9H2,1-3H3/b6-4-,11-5+. The van der Waals surface area contributed by atoms with Crippen LogP contribution in [0.25, 0.3) is 0 Å². The maximum atomic E-state index is 12.3. The molecule has 0 aromatic heterocycles. The van der Waals surface area contributed by atoms with Gasteiger partial charge in [-0.15, -0.1) is 0 Å². The lowest BCUT2D eigenvalue weighted by atomic mass is 9.89. The Morgan fingerprint density at radius 1 is 1.26 bits per heavy atom. The Labute approximate surface area is 111 Å². The number of hydrogen-bond acceptors (Lipinski definition) is 2. The first-order valence-corrected chi connectivity index (χ1v) is 6.20. The molecule has 0 radical (unpaired) electrons. The lowest BCUT2D eigenvalue weighted by Gasteiger charge is -2.24. The SMILES string of the molecule is CC(C)=C(/C=C\C=C(/C)C(F)(F)F)C1(O)CCNC1. The zero-order valence-corrected chi connectivity index (χ0v) is 11.4. The maximum absolute atomic E-state index is 12.3. The molecular weight excluding hydrogens is 255 g/mol. The van der Waals surface area contributed by atoms with Crippen LogP contribution in [0.5, 0.6) is 0 Å². The molecule has 0 saturated carbocycles. The first-order valence-electron chi connectivity index (χ1n) is 6.20. The fourth-order valence-electron chi connectivity index (χ4n) is 2.08. The van der Waals surface area contributed by atoms with Crippen LogP contribution in [0.1, 0.15) is 27.2 Å². The third-order valence-corrected chi connectivity index (χ3v) is 3.23. The van der Waals surface area contributed by atoms with Gasteiger partial charge in [-0.3, -0.25) is 0 Å². The molecule has 2 N–H and O–H groups in total. The van der Waals surface area contributed by atoms with Crippen molar-refractivity contribution < 1.29 is 18.3 Å². The van der Waals surface area contributed by atoms with Crippen LogP contribution in [0.3, 0.4) is 0 Å². The Bertz CT molecular complexity index is 409. The number of aliphatic hydroxyl groups is 1. The van der Waals surface area contributed by atoms with Gasteiger partial charge < -0.3 is 10.4 Å². The summed E-state index contributed by atoms with van der Waals surface area (Å²) in [7, 11) is 0. The number of allylic oxidation sites excluding steroid dienone is 4. The van der Waals surface area contributed by atoms with Gasteiger partial charge in [-0.2, -0.15) is 13.2 Å². The second-order valence-corrected chi connectivity index (χ2v) is 5.08. The van der Waals surface area contributed by atoms with Crippen LogP contribution in [-0.2, 0) is 0 Å². The average Bonchev–Trinajstić information content (AvgIpc) is 2.69. The fraction of sp³-hybridized carbons (Fsp3) is 0.571. The van der Waals surface area contributed by atoms with Gasteiger partial charge in [0.05, 0.1) is 0 Å². The monoisotopic (exact) mass is 275 g/mol. The topological polar surface area (TPSA) is 32.3 Å². The summed E-state index contributed by atoms with van der Waals surface area (Å²) < 4.78 is 37.0. The van der Waals surface area contributed by atoms with Crippen molar-refractivity contribution in [2.45, 2.75) is 39.0 Å². The van der Waals surface area contributed by atoms with E-state index < -0.39 is 17.4 Å². The van der Waals surface area contributed by atoms with Crippen molar-refractivity contribution in [1.29, 1.82) is 0 Å². The van der Waals surface area contributed by atoms with Gasteiger partial charge in [-0.05, 0) is 39.3 Å². The minimum absolute atomic E-state index is 0.430. The normalized spacial score (nSPS) is 25.1. The average molecular weight is 275 g/mol. The molecule has 1 atom stereocenters. The summed E-state index contributed by atoms with van der Waals surface area (Å²) in [5.41, 5.74) is -0.0485. The van der Waals surface area contributed by atoms with Crippen molar-refractivity contribution in [2.24, 2.45) is 0 Å². The Morgan fingerprint density at radius 3 is 2.32 bits per heavy atom. The predicted molar refractivity (Wildman–Crippen MR) is 69.8 cm³/mol. The van der Waals surface area contributed by atoms with Gasteiger partial charge in [-0.25, -0.2) is 0 Å². The lowest BCUT2D eigenvalue weighted by molar-refractivity contribution is -0.0912. The van der Waals surface area contributed by atoms with E-state index in [1.807, 2.05) is 13.8 Å². The van der Waals surface area contributed by atoms with Gasteiger partial charge >= 0.3 is 6.18 Å². The Balaban J connectivity index is 2.91. The molecule has 19 heavy (non-hydrogen) atoms. The number of alkyl halides is 3. The Kier molecular flexibility index (Phi) is 4.98. The molecule has 2 nitrogen and oxygen atoms in total. The third kappa shape index (κ3) is 4.21. The van der Waals surface area contributed by atoms with Gasteiger partial charge in [0, 0.05) is 12.1 Å². The Hall–Kier alpha value is -1.07. The van der Waals surface area contributed by atoms with Crippen LogP contribution >= 0.6 is 0 Å². The molecule has 108 valence electrons. The molecule has 1 aliphatic heterocycles. The van der Waals surface area contributed by atoms with Crippen LogP contribution in [-0.4, -0.2) is 30.0 Å². The smallest absolute Gasteiger partial charge is 0.384 e. The van der Waals surface area contributed by atoms with E-state index in [1.165, 1.54) is 6.08 Å². The van der Waals surface area contributed by atoms with Gasteiger partial charge in [0.2, 0.25) is 0 Å². The van der Waals surface area contributed by atoms with Crippen LogP contribution < -0.4 is 5.32 Å². The van der Waals surface area contributed by atoms with Crippen molar-refractivity contribution in [3.8, 4) is 0 Å². The molecule has 1 unspecified atom stereocenters. The van der Waals surface area contributed by atoms with Crippen molar-refractivity contribution >= 4 is 0 Å². The van der Waals surface area contributed by atoms with E-state index in [4.69, 9.17) is 0 Å². The Morgan fingerprint density at radius 2 is 1.89 bits per heavy atom. The van der Waals surface area contributed by atoms with Crippen molar-refractivity contribution in [2.75, 3.05) is 13.1 Å². The van der Waals surface area contributed by atoms with E-state index in [2.05, 4.69) is 5.32 Å². The molecule has 5 heteroatoms. The van der Waals surface area contributed by atoms with E-state index in [0.717, 1.165) is 18.6 Å². The summed E-state index contributed by atoms with van der Waals surface area (Å²) in [6, 6.07) is 0. The molecule has 1 aliphatic rings. The molecule has 1 saturated heterocycles. The van der Waals surface area contributed by atoms with Crippen LogP contribution in [0.15, 0.2) is 34.9 Å². The summed E-state index contributed by atoms with van der Waals surface area (Å²) in [4.78, 5) is 0. The fourth-order valence-corrected chi connectivity index (χ4v) is 2.08. The zero-order valence-electron chi connectivity index (χ0n) is 11.4. The molecule has 0 aromatic carbocycles. The summed E-state index contributed by atoms with van der Waals surface area (Å²) in [6.45, 7) is 5.85. The summed E-state index contributed by atoms with van der Waals surface area (Å²) in [5, 5.41) is 13.5. The summed E-state index contributed by atoms with van der Waals surface area (Å²) >= 11 is 0. The third-order valence-electron chi connectivity index (χ3n) is 3.23. The van der Waals surface area contributed by atoms with Gasteiger partial charge in [-0.1, -0.05) is 23.8 Å². The van der Waals surface area contributed by atoms with Gasteiger partial charge in [0.15, 0.2) is 0 Å². The minimum Gasteiger partial charge on any atom is -0.384 e. The number of rotatable bonds is 3. The second-order valence-electron chi connectivity index (χ2n) is 5.08. The molecule has 0 bridgehead atoms. The van der Waals surface area contributed by atoms with E-state index >= 15 is 0 Å². The quantitative estimate of drug-likeness (QED) is 0.776. The highest BCUT2D eigenvalue weighted by molar-refractivity contribution is 5.36. The van der Waals surface area contributed by atoms with E-state index in [0.29, 0.717) is 25.1 Å². The second kappa shape index (κ2) is 5.92. The molecule has 1 fully saturated rings. The number of nitrogens with one attached hydrogen (secondary N) is 1. The van der Waals surface area contributed by atoms with Gasteiger partial charge in [0.1, 0.15) is 5.60 Å². The van der Waals surface area contributed by atoms with Crippen molar-refractivity contribution in [1.82, 2.24) is 5.32 Å². The highest BCUT2D eigenvalue weighted by Gasteiger charge is 2.34. The largest absolute Gasteiger partial charge is 0.412 e. The van der Waals surface area contributed by atoms with E-state index in [9.17, 15) is 18.3 Å². The summed E-state index contributed by atoms with van der Waals surface area (Å²) in [5.74, 6) is 0. The van der Waals surface area contributed by atoms with Crippen LogP contribution in [0, 0.1) is 0 Å². The van der Waals surface area contributed by atoms with E-state index in [1.54, 1.807) is 6.08 Å². The zero-order chi connectivity index (χ0) is 14.7. The molecule has 1 heterocycles. The molecule has 0 spiro atoms. The minimum atomic E-state index is -4.30. The van der Waals surface area contributed by atoms with Crippen LogP contribution in [0.2, 0.25) is 0 Å². The van der Waals surface area contributed by atoms with E-state index in [-0.39, 0.29) is 0 Å². The highest BCUT2D eigenvalue weighted by atomic mass is 19.4. The number of halogens is 3. The molecule has 0 aromatic rings. The number of hydrogen-bond donors (Lipinski definition) is 2. The maximum Gasteiger partial charge on any atom is 0.412 e. The summed E-state index contributed by atoms with van der Waals surface area (Å²) in [6.07, 6.45) is 0.203. The highest BCUT2D eigenvalue weighted by Crippen LogP contribution is 2.28. The predicted octanol–water partition coefficient (Wildman–Crippen LogP) is 3.11. The van der Waals surface area contributed by atoms with Crippen molar-refractivity contribution in [3.05, 3.63) is 34.9 Å². The van der Waals surface area contributed by atoms with Crippen molar-refractivity contribution in [3.63, 3.8) is 0 Å². The number of β-amino-alcohol motifs (C(OH)–C–C–N with tert-alkyl or cyclic N) is 1. The molecule has 0 aliphatic carbocycles. The molecular formula is C14H20F3NO. The first kappa shape index (κ1) is 16.0. The molecule has 0 amide bonds. The molecule has 1 rings (SSSR count). The lowest BCUT2D eigenvalue weighted by Crippen LogP contribution is -2.33. The first-order chi connectivity index (χ1) is 8.67. The van der Waals surface area contributed by atoms with Crippen LogP contribution in [0.4, 0.5) is 13.2 Å². The van der Waals surface area contributed by atoms with Gasteiger partial charge in [0.25, 0.3) is 0 Å².